The fourth-order valence-electron chi connectivity index (χ4n) is 7.46. The fraction of sp³-hybridized carbons (Fsp3) is 0.500. The van der Waals surface area contributed by atoms with E-state index in [0.717, 1.165) is 58.7 Å². The number of piperazine rings is 1. The van der Waals surface area contributed by atoms with Crippen LogP contribution < -0.4 is 19.7 Å². The van der Waals surface area contributed by atoms with Crippen molar-refractivity contribution in [1.29, 1.82) is 0 Å². The summed E-state index contributed by atoms with van der Waals surface area (Å²) < 4.78 is 12.8. The first-order valence-electron chi connectivity index (χ1n) is 14.5. The number of phenols is 1. The maximum absolute atomic E-state index is 10.4. The minimum absolute atomic E-state index is 0.128. The Hall–Kier alpha value is -3.21. The molecule has 10 heteroatoms. The summed E-state index contributed by atoms with van der Waals surface area (Å²) in [6.07, 6.45) is 7.20. The number of rotatable bonds is 6. The number of aryl methyl sites for hydroxylation is 1. The van der Waals surface area contributed by atoms with Crippen LogP contribution in [0, 0.1) is 6.92 Å². The number of nitrogens with one attached hydrogen (secondary N) is 1. The van der Waals surface area contributed by atoms with Crippen molar-refractivity contribution in [2.45, 2.75) is 63.1 Å². The summed E-state index contributed by atoms with van der Waals surface area (Å²) in [6, 6.07) is 10.8. The molecule has 0 aliphatic carbocycles. The van der Waals surface area contributed by atoms with E-state index in [2.05, 4.69) is 15.1 Å². The number of hydrogen-bond donors (Lipinski definition) is 2. The Labute approximate surface area is 237 Å². The summed E-state index contributed by atoms with van der Waals surface area (Å²) in [4.78, 5) is 20.5. The van der Waals surface area contributed by atoms with Crippen molar-refractivity contribution in [3.8, 4) is 22.7 Å². The normalized spacial score (nSPS) is 23.8. The molecule has 0 spiro atoms. The van der Waals surface area contributed by atoms with Crippen LogP contribution in [0.5, 0.6) is 22.7 Å². The molecular weight excluding hydrogens is 524 g/mol. The molecule has 0 amide bonds. The minimum atomic E-state index is 0.128. The summed E-state index contributed by atoms with van der Waals surface area (Å²) in [5.41, 5.74) is 1.95. The summed E-state index contributed by atoms with van der Waals surface area (Å²) in [6.45, 7) is 6.79. The summed E-state index contributed by atoms with van der Waals surface area (Å²) in [5.74, 6) is 1.57. The van der Waals surface area contributed by atoms with Crippen LogP contribution in [0.15, 0.2) is 30.3 Å². The van der Waals surface area contributed by atoms with Gasteiger partial charge in [0.25, 0.3) is 5.19 Å². The Morgan fingerprint density at radius 1 is 1.07 bits per heavy atom. The van der Waals surface area contributed by atoms with Gasteiger partial charge in [-0.15, -0.1) is 0 Å². The second-order valence-corrected chi connectivity index (χ2v) is 12.9. The standard InChI is InChI=1S/C30H34N6O3S/c1-18-5-2-6-19-13-22(37)14-23(24(18)19)39-29-32-25-26(35-15-20-7-8-21(16-35)31-20)33-28(34-27(25)40-29)38-17-30-9-3-11-36(30)12-4-10-30/h2,5-6,13-14,20-21,31,37H,3-4,7-12,15-17H2,1H3. The molecule has 8 rings (SSSR count). The fourth-order valence-corrected chi connectivity index (χ4v) is 8.25. The monoisotopic (exact) mass is 558 g/mol. The van der Waals surface area contributed by atoms with E-state index in [0.29, 0.717) is 35.6 Å². The van der Waals surface area contributed by atoms with Crippen molar-refractivity contribution in [2.24, 2.45) is 0 Å². The first-order valence-corrected chi connectivity index (χ1v) is 15.3. The molecule has 208 valence electrons. The molecule has 4 aliphatic rings. The predicted molar refractivity (Wildman–Crippen MR) is 156 cm³/mol. The molecule has 0 radical (unpaired) electrons. The Morgan fingerprint density at radius 3 is 2.67 bits per heavy atom. The van der Waals surface area contributed by atoms with Gasteiger partial charge in [0.15, 0.2) is 10.6 Å². The topological polar surface area (TPSA) is 95.9 Å². The van der Waals surface area contributed by atoms with E-state index < -0.39 is 0 Å². The molecule has 2 bridgehead atoms. The number of phenolic OH excluding ortho intramolecular Hbond substituents is 1. The second kappa shape index (κ2) is 9.43. The summed E-state index contributed by atoms with van der Waals surface area (Å²) >= 11 is 1.40. The molecule has 2 N–H and O–H groups in total. The van der Waals surface area contributed by atoms with E-state index >= 15 is 0 Å². The molecule has 4 aliphatic heterocycles. The molecular formula is C30H34N6O3S. The lowest BCUT2D eigenvalue weighted by molar-refractivity contribution is 0.108. The zero-order valence-electron chi connectivity index (χ0n) is 22.7. The van der Waals surface area contributed by atoms with Crippen LogP contribution in [0.4, 0.5) is 5.82 Å². The average molecular weight is 559 g/mol. The largest absolute Gasteiger partial charge is 0.508 e. The van der Waals surface area contributed by atoms with Gasteiger partial charge in [-0.25, -0.2) is 0 Å². The third kappa shape index (κ3) is 4.15. The smallest absolute Gasteiger partial charge is 0.319 e. The van der Waals surface area contributed by atoms with E-state index in [4.69, 9.17) is 24.4 Å². The number of benzene rings is 2. The number of fused-ring (bicyclic) bond motifs is 5. The van der Waals surface area contributed by atoms with Crippen molar-refractivity contribution >= 4 is 38.3 Å². The molecule has 4 saturated heterocycles. The number of hydrogen-bond acceptors (Lipinski definition) is 10. The van der Waals surface area contributed by atoms with E-state index in [1.807, 2.05) is 25.1 Å². The first-order chi connectivity index (χ1) is 19.5. The number of nitrogens with zero attached hydrogens (tertiary/aromatic N) is 5. The number of thiazole rings is 1. The van der Waals surface area contributed by atoms with Crippen molar-refractivity contribution in [3.05, 3.63) is 35.9 Å². The Balaban J connectivity index is 1.17. The van der Waals surface area contributed by atoms with Gasteiger partial charge in [-0.3, -0.25) is 4.90 Å². The van der Waals surface area contributed by atoms with Crippen LogP contribution in [0.1, 0.15) is 44.1 Å². The van der Waals surface area contributed by atoms with Crippen LogP contribution in [-0.2, 0) is 0 Å². The van der Waals surface area contributed by atoms with Crippen LogP contribution in [0.2, 0.25) is 0 Å². The molecule has 2 atom stereocenters. The highest BCUT2D eigenvalue weighted by molar-refractivity contribution is 7.19. The van der Waals surface area contributed by atoms with Gasteiger partial charge in [-0.2, -0.15) is 15.0 Å². The van der Waals surface area contributed by atoms with Crippen molar-refractivity contribution in [2.75, 3.05) is 37.7 Å². The summed E-state index contributed by atoms with van der Waals surface area (Å²) in [7, 11) is 0. The maximum atomic E-state index is 10.4. The van der Waals surface area contributed by atoms with E-state index in [9.17, 15) is 5.11 Å². The lowest BCUT2D eigenvalue weighted by atomic mass is 9.95. The van der Waals surface area contributed by atoms with Crippen molar-refractivity contribution in [3.63, 3.8) is 0 Å². The van der Waals surface area contributed by atoms with Gasteiger partial charge >= 0.3 is 6.01 Å². The number of aromatic hydroxyl groups is 1. The van der Waals surface area contributed by atoms with Gasteiger partial charge in [-0.05, 0) is 75.6 Å². The van der Waals surface area contributed by atoms with E-state index in [1.54, 1.807) is 12.1 Å². The third-order valence-electron chi connectivity index (χ3n) is 9.33. The minimum Gasteiger partial charge on any atom is -0.508 e. The van der Waals surface area contributed by atoms with Gasteiger partial charge in [0, 0.05) is 36.6 Å². The van der Waals surface area contributed by atoms with Gasteiger partial charge < -0.3 is 24.8 Å². The molecule has 6 heterocycles. The SMILES string of the molecule is Cc1cccc2cc(O)cc(Oc3nc4c(N5CC6CCC(C5)N6)nc(OCC56CCCN5CCC6)nc4s3)c12. The van der Waals surface area contributed by atoms with Gasteiger partial charge in [-0.1, -0.05) is 29.5 Å². The van der Waals surface area contributed by atoms with Gasteiger partial charge in [0.05, 0.1) is 5.54 Å². The molecule has 2 aromatic carbocycles. The average Bonchev–Trinajstić information content (AvgIpc) is 3.69. The third-order valence-corrected chi connectivity index (χ3v) is 10.2. The number of ether oxygens (including phenoxy) is 2. The molecule has 9 nitrogen and oxygen atoms in total. The summed E-state index contributed by atoms with van der Waals surface area (Å²) in [5, 5.41) is 16.5. The van der Waals surface area contributed by atoms with Crippen molar-refractivity contribution in [1.82, 2.24) is 25.2 Å². The molecule has 4 aromatic rings. The highest BCUT2D eigenvalue weighted by atomic mass is 32.1. The Morgan fingerprint density at radius 2 is 1.88 bits per heavy atom. The van der Waals surface area contributed by atoms with Crippen LogP contribution in [-0.4, -0.2) is 75.4 Å². The molecule has 2 unspecified atom stereocenters. The van der Waals surface area contributed by atoms with Crippen molar-refractivity contribution < 1.29 is 14.6 Å². The lowest BCUT2D eigenvalue weighted by Crippen LogP contribution is -2.51. The Kier molecular flexibility index (Phi) is 5.79. The van der Waals surface area contributed by atoms with Gasteiger partial charge in [0.1, 0.15) is 23.6 Å². The molecule has 4 fully saturated rings. The van der Waals surface area contributed by atoms with Crippen LogP contribution >= 0.6 is 11.3 Å². The van der Waals surface area contributed by atoms with Crippen LogP contribution in [0.25, 0.3) is 21.1 Å². The predicted octanol–water partition coefficient (Wildman–Crippen LogP) is 4.99. The van der Waals surface area contributed by atoms with E-state index in [1.165, 1.54) is 49.9 Å². The molecule has 40 heavy (non-hydrogen) atoms. The number of anilines is 1. The van der Waals surface area contributed by atoms with Crippen LogP contribution in [0.3, 0.4) is 0 Å². The quantitative estimate of drug-likeness (QED) is 0.339. The molecule has 0 saturated carbocycles. The second-order valence-electron chi connectivity index (χ2n) is 11.9. The Bertz CT molecular complexity index is 1590. The highest BCUT2D eigenvalue weighted by Crippen LogP contribution is 2.42. The lowest BCUT2D eigenvalue weighted by Gasteiger charge is -2.34. The molecule has 2 aromatic heterocycles. The first kappa shape index (κ1) is 24.6. The number of aromatic nitrogens is 3. The highest BCUT2D eigenvalue weighted by Gasteiger charge is 2.45. The maximum Gasteiger partial charge on any atom is 0.319 e. The zero-order valence-corrected chi connectivity index (χ0v) is 23.5. The van der Waals surface area contributed by atoms with Gasteiger partial charge in [0.2, 0.25) is 0 Å². The van der Waals surface area contributed by atoms with E-state index in [-0.39, 0.29) is 11.3 Å². The zero-order chi connectivity index (χ0) is 26.8.